The van der Waals surface area contributed by atoms with Gasteiger partial charge in [0.2, 0.25) is 5.91 Å². The first-order valence-corrected chi connectivity index (χ1v) is 7.03. The van der Waals surface area contributed by atoms with Crippen molar-refractivity contribution in [3.63, 3.8) is 0 Å². The maximum absolute atomic E-state index is 12.2. The van der Waals surface area contributed by atoms with Crippen LogP contribution >= 0.6 is 0 Å². The van der Waals surface area contributed by atoms with Crippen molar-refractivity contribution in [2.45, 2.75) is 6.92 Å². The summed E-state index contributed by atoms with van der Waals surface area (Å²) in [7, 11) is 0. The van der Waals surface area contributed by atoms with Crippen LogP contribution < -0.4 is 15.0 Å². The number of anilines is 2. The highest BCUT2D eigenvalue weighted by Crippen LogP contribution is 2.31. The Morgan fingerprint density at radius 1 is 1.18 bits per heavy atom. The molecular formula is C17H16N2O3. The predicted molar refractivity (Wildman–Crippen MR) is 84.1 cm³/mol. The number of rotatable bonds is 3. The predicted octanol–water partition coefficient (Wildman–Crippen LogP) is 2.36. The summed E-state index contributed by atoms with van der Waals surface area (Å²) in [5, 5.41) is 2.83. The molecule has 0 saturated heterocycles. The normalized spacial score (nSPS) is 13.3. The van der Waals surface area contributed by atoms with Crippen LogP contribution in [0.25, 0.3) is 0 Å². The van der Waals surface area contributed by atoms with Gasteiger partial charge in [0.05, 0.1) is 12.2 Å². The van der Waals surface area contributed by atoms with Crippen LogP contribution in [0.4, 0.5) is 11.4 Å². The van der Waals surface area contributed by atoms with Gasteiger partial charge in [-0.3, -0.25) is 4.79 Å². The summed E-state index contributed by atoms with van der Waals surface area (Å²) in [6, 6.07) is 14.8. The van der Waals surface area contributed by atoms with E-state index in [2.05, 4.69) is 5.32 Å². The average molecular weight is 296 g/mol. The molecule has 2 aromatic rings. The van der Waals surface area contributed by atoms with Crippen molar-refractivity contribution in [2.75, 3.05) is 23.3 Å². The fraction of sp³-hybridized carbons (Fsp3) is 0.176. The third-order valence-corrected chi connectivity index (χ3v) is 3.42. The van der Waals surface area contributed by atoms with Gasteiger partial charge in [0.15, 0.2) is 5.75 Å². The molecule has 0 unspecified atom stereocenters. The maximum Gasteiger partial charge on any atom is 0.331 e. The van der Waals surface area contributed by atoms with E-state index in [1.165, 1.54) is 0 Å². The first-order valence-electron chi connectivity index (χ1n) is 7.03. The van der Waals surface area contributed by atoms with Gasteiger partial charge in [0, 0.05) is 5.69 Å². The summed E-state index contributed by atoms with van der Waals surface area (Å²) in [5.41, 5.74) is 2.62. The summed E-state index contributed by atoms with van der Waals surface area (Å²) < 4.78 is 5.16. The lowest BCUT2D eigenvalue weighted by Crippen LogP contribution is -2.41. The van der Waals surface area contributed by atoms with Gasteiger partial charge in [0.1, 0.15) is 6.54 Å². The van der Waals surface area contributed by atoms with Gasteiger partial charge in [-0.2, -0.15) is 0 Å². The van der Waals surface area contributed by atoms with Crippen molar-refractivity contribution in [3.8, 4) is 5.75 Å². The fourth-order valence-corrected chi connectivity index (χ4v) is 2.35. The van der Waals surface area contributed by atoms with E-state index in [1.807, 2.05) is 43.3 Å². The molecule has 1 heterocycles. The van der Waals surface area contributed by atoms with Gasteiger partial charge in [-0.25, -0.2) is 4.79 Å². The number of nitrogens with one attached hydrogen (secondary N) is 1. The topological polar surface area (TPSA) is 58.6 Å². The molecule has 0 fully saturated rings. The number of para-hydroxylation sites is 2. The molecule has 0 aromatic heterocycles. The molecule has 2 aromatic carbocycles. The number of ether oxygens (including phenoxy) is 1. The number of fused-ring (bicyclic) bond motifs is 1. The molecule has 1 aliphatic rings. The van der Waals surface area contributed by atoms with Crippen LogP contribution in [0.1, 0.15) is 5.56 Å². The number of esters is 1. The third kappa shape index (κ3) is 3.09. The highest BCUT2D eigenvalue weighted by atomic mass is 16.5. The Morgan fingerprint density at radius 3 is 2.68 bits per heavy atom. The van der Waals surface area contributed by atoms with E-state index in [-0.39, 0.29) is 25.0 Å². The molecular weight excluding hydrogens is 280 g/mol. The molecule has 0 saturated carbocycles. The van der Waals surface area contributed by atoms with Gasteiger partial charge in [0.25, 0.3) is 0 Å². The van der Waals surface area contributed by atoms with E-state index in [0.29, 0.717) is 5.75 Å². The van der Waals surface area contributed by atoms with Crippen LogP contribution in [0.2, 0.25) is 0 Å². The number of benzene rings is 2. The third-order valence-electron chi connectivity index (χ3n) is 3.42. The number of carbonyl (C=O) groups is 2. The Labute approximate surface area is 128 Å². The van der Waals surface area contributed by atoms with Crippen LogP contribution in [-0.2, 0) is 9.59 Å². The zero-order valence-corrected chi connectivity index (χ0v) is 12.2. The Balaban J connectivity index is 1.71. The number of nitrogens with zero attached hydrogens (tertiary/aromatic N) is 1. The number of hydrogen-bond donors (Lipinski definition) is 1. The van der Waals surface area contributed by atoms with Gasteiger partial charge in [-0.1, -0.05) is 29.8 Å². The number of hydrogen-bond acceptors (Lipinski definition) is 4. The highest BCUT2D eigenvalue weighted by Gasteiger charge is 2.25. The quantitative estimate of drug-likeness (QED) is 0.698. The van der Waals surface area contributed by atoms with Crippen LogP contribution in [-0.4, -0.2) is 25.0 Å². The molecule has 0 bridgehead atoms. The van der Waals surface area contributed by atoms with Crippen LogP contribution in [0.5, 0.6) is 5.75 Å². The summed E-state index contributed by atoms with van der Waals surface area (Å²) >= 11 is 0. The maximum atomic E-state index is 12.2. The first kappa shape index (κ1) is 14.1. The molecule has 5 nitrogen and oxygen atoms in total. The Hall–Kier alpha value is -2.82. The molecule has 5 heteroatoms. The van der Waals surface area contributed by atoms with Gasteiger partial charge in [-0.15, -0.1) is 0 Å². The Bertz CT molecular complexity index is 710. The van der Waals surface area contributed by atoms with Crippen LogP contribution in [0.15, 0.2) is 48.5 Å². The van der Waals surface area contributed by atoms with E-state index in [0.717, 1.165) is 16.9 Å². The molecule has 1 amide bonds. The lowest BCUT2D eigenvalue weighted by Gasteiger charge is -2.29. The van der Waals surface area contributed by atoms with Gasteiger partial charge in [-0.05, 0) is 31.2 Å². The monoisotopic (exact) mass is 296 g/mol. The van der Waals surface area contributed by atoms with E-state index in [9.17, 15) is 9.59 Å². The van der Waals surface area contributed by atoms with Crippen molar-refractivity contribution in [1.29, 1.82) is 0 Å². The van der Waals surface area contributed by atoms with Crippen molar-refractivity contribution in [1.82, 2.24) is 0 Å². The van der Waals surface area contributed by atoms with E-state index >= 15 is 0 Å². The fourth-order valence-electron chi connectivity index (χ4n) is 2.35. The molecule has 1 N–H and O–H groups in total. The minimum atomic E-state index is -0.359. The number of amides is 1. The Morgan fingerprint density at radius 2 is 1.91 bits per heavy atom. The molecule has 1 aliphatic heterocycles. The summed E-state index contributed by atoms with van der Waals surface area (Å²) in [6.45, 7) is 2.15. The summed E-state index contributed by atoms with van der Waals surface area (Å²) in [4.78, 5) is 25.5. The molecule has 22 heavy (non-hydrogen) atoms. The molecule has 0 atom stereocenters. The second-order valence-electron chi connectivity index (χ2n) is 5.21. The standard InChI is InChI=1S/C17H16N2O3/c1-12-6-8-13(9-7-12)18-16(20)10-19-11-17(21)22-15-5-3-2-4-14(15)19/h2-9H,10-11H2,1H3,(H,18,20). The minimum absolute atomic E-state index is 0.0678. The average Bonchev–Trinajstić information content (AvgIpc) is 2.49. The molecule has 0 spiro atoms. The molecule has 0 radical (unpaired) electrons. The zero-order valence-electron chi connectivity index (χ0n) is 12.2. The van der Waals surface area contributed by atoms with Gasteiger partial charge < -0.3 is 15.0 Å². The largest absolute Gasteiger partial charge is 0.423 e. The second-order valence-corrected chi connectivity index (χ2v) is 5.21. The van der Waals surface area contributed by atoms with Crippen LogP contribution in [0.3, 0.4) is 0 Å². The summed E-state index contributed by atoms with van der Waals surface area (Å²) in [5.74, 6) is -0.0444. The first-order chi connectivity index (χ1) is 10.6. The lowest BCUT2D eigenvalue weighted by atomic mass is 10.2. The van der Waals surface area contributed by atoms with Crippen molar-refractivity contribution in [3.05, 3.63) is 54.1 Å². The molecule has 112 valence electrons. The van der Waals surface area contributed by atoms with E-state index in [1.54, 1.807) is 17.0 Å². The number of carbonyl (C=O) groups excluding carboxylic acids is 2. The second kappa shape index (κ2) is 5.89. The van der Waals surface area contributed by atoms with Gasteiger partial charge >= 0.3 is 5.97 Å². The minimum Gasteiger partial charge on any atom is -0.423 e. The van der Waals surface area contributed by atoms with E-state index in [4.69, 9.17) is 4.74 Å². The van der Waals surface area contributed by atoms with Crippen LogP contribution in [0, 0.1) is 6.92 Å². The Kier molecular flexibility index (Phi) is 3.78. The molecule has 3 rings (SSSR count). The van der Waals surface area contributed by atoms with E-state index < -0.39 is 0 Å². The van der Waals surface area contributed by atoms with Crippen molar-refractivity contribution in [2.24, 2.45) is 0 Å². The number of aryl methyl sites for hydroxylation is 1. The van der Waals surface area contributed by atoms with Crippen molar-refractivity contribution < 1.29 is 14.3 Å². The van der Waals surface area contributed by atoms with Crippen molar-refractivity contribution >= 4 is 23.3 Å². The lowest BCUT2D eigenvalue weighted by molar-refractivity contribution is -0.133. The SMILES string of the molecule is Cc1ccc(NC(=O)CN2CC(=O)Oc3ccccc32)cc1. The highest BCUT2D eigenvalue weighted by molar-refractivity contribution is 5.96. The zero-order chi connectivity index (χ0) is 15.5. The summed E-state index contributed by atoms with van der Waals surface area (Å²) in [6.07, 6.45) is 0. The molecule has 0 aliphatic carbocycles. The smallest absolute Gasteiger partial charge is 0.331 e.